The van der Waals surface area contributed by atoms with Crippen molar-refractivity contribution in [1.82, 2.24) is 39.2 Å². The summed E-state index contributed by atoms with van der Waals surface area (Å²) >= 11 is 14.2. The van der Waals surface area contributed by atoms with E-state index in [0.717, 1.165) is 45.2 Å². The Labute approximate surface area is 380 Å². The van der Waals surface area contributed by atoms with Gasteiger partial charge < -0.3 is 9.47 Å². The quantitative estimate of drug-likeness (QED) is 0.115. The fraction of sp³-hybridized carbons (Fsp3) is 0.0455. The van der Waals surface area contributed by atoms with E-state index in [0.29, 0.717) is 52.8 Å². The highest BCUT2D eigenvalue weighted by Gasteiger charge is 2.22. The lowest BCUT2D eigenvalue weighted by Crippen LogP contribution is -2.05. The Kier molecular flexibility index (Phi) is 12.4. The SMILES string of the molecule is O=S(=O)(Cc1ccncc1)c1nn2cc(-c3ccc(Oc4ccc(Cl)cc4)cc3)nc2s1.O=S(Cc1ccncc1)c1nn2cc(-c3ccc(Oc4ccc(Cl)cc4)cc3)nc2s1. The van der Waals surface area contributed by atoms with Crippen molar-refractivity contribution in [3.8, 4) is 45.5 Å². The molecule has 6 heterocycles. The van der Waals surface area contributed by atoms with E-state index in [1.165, 1.54) is 15.9 Å². The van der Waals surface area contributed by atoms with Gasteiger partial charge in [-0.1, -0.05) is 45.9 Å². The highest BCUT2D eigenvalue weighted by atomic mass is 35.5. The number of nitrogens with zero attached hydrogens (tertiary/aromatic N) is 8. The lowest BCUT2D eigenvalue weighted by Gasteiger charge is -2.06. The maximum atomic E-state index is 12.7. The zero-order valence-electron chi connectivity index (χ0n) is 32.4. The van der Waals surface area contributed by atoms with Crippen LogP contribution in [0, 0.1) is 0 Å². The Morgan fingerprint density at radius 1 is 0.556 bits per heavy atom. The third-order valence-corrected chi connectivity index (χ3v) is 15.2. The van der Waals surface area contributed by atoms with Crippen molar-refractivity contribution in [2.45, 2.75) is 20.2 Å². The molecule has 314 valence electrons. The molecule has 0 aliphatic heterocycles. The molecule has 0 spiro atoms. The van der Waals surface area contributed by atoms with Crippen LogP contribution in [0.5, 0.6) is 23.0 Å². The van der Waals surface area contributed by atoms with E-state index in [4.69, 9.17) is 32.7 Å². The van der Waals surface area contributed by atoms with Gasteiger partial charge in [-0.15, -0.1) is 10.2 Å². The smallest absolute Gasteiger partial charge is 0.232 e. The molecule has 0 radical (unpaired) electrons. The number of benzene rings is 4. The van der Waals surface area contributed by atoms with Crippen LogP contribution in [0.15, 0.2) is 167 Å². The summed E-state index contributed by atoms with van der Waals surface area (Å²) < 4.78 is 53.4. The predicted molar refractivity (Wildman–Crippen MR) is 245 cm³/mol. The summed E-state index contributed by atoms with van der Waals surface area (Å²) in [6, 6.07) is 36.5. The van der Waals surface area contributed by atoms with E-state index in [2.05, 4.69) is 30.1 Å². The average Bonchev–Trinajstić information content (AvgIpc) is 4.08. The lowest BCUT2D eigenvalue weighted by atomic mass is 10.2. The number of fused-ring (bicyclic) bond motifs is 2. The first-order valence-corrected chi connectivity index (χ1v) is 24.2. The van der Waals surface area contributed by atoms with Crippen molar-refractivity contribution in [2.24, 2.45) is 0 Å². The normalized spacial score (nSPS) is 11.9. The fourth-order valence-electron chi connectivity index (χ4n) is 5.98. The number of hydrogen-bond donors (Lipinski definition) is 0. The zero-order valence-corrected chi connectivity index (χ0v) is 37.2. The molecule has 0 saturated heterocycles. The number of pyridine rings is 2. The van der Waals surface area contributed by atoms with Crippen molar-refractivity contribution < 1.29 is 22.1 Å². The van der Waals surface area contributed by atoms with Gasteiger partial charge in [0.15, 0.2) is 0 Å². The lowest BCUT2D eigenvalue weighted by molar-refractivity contribution is 0.482. The molecule has 0 fully saturated rings. The molecule has 1 atom stereocenters. The maximum Gasteiger partial charge on any atom is 0.232 e. The molecule has 4 aromatic carbocycles. The van der Waals surface area contributed by atoms with Gasteiger partial charge in [0.2, 0.25) is 28.4 Å². The average molecular weight is 950 g/mol. The van der Waals surface area contributed by atoms with E-state index in [1.807, 2.05) is 79.0 Å². The van der Waals surface area contributed by atoms with Crippen LogP contribution in [0.2, 0.25) is 10.0 Å². The van der Waals surface area contributed by atoms with Crippen molar-refractivity contribution in [3.63, 3.8) is 0 Å². The molecule has 0 bridgehead atoms. The number of sulfone groups is 1. The summed E-state index contributed by atoms with van der Waals surface area (Å²) in [6.45, 7) is 0. The molecule has 19 heteroatoms. The molecule has 0 aliphatic carbocycles. The Bertz CT molecular complexity index is 3210. The number of halogens is 2. The van der Waals surface area contributed by atoms with Gasteiger partial charge in [0, 0.05) is 46.0 Å². The third kappa shape index (κ3) is 10.3. The largest absolute Gasteiger partial charge is 0.457 e. The summed E-state index contributed by atoms with van der Waals surface area (Å²) in [5.74, 6) is 3.08. The summed E-state index contributed by atoms with van der Waals surface area (Å²) in [7, 11) is -4.79. The van der Waals surface area contributed by atoms with Crippen LogP contribution in [-0.4, -0.2) is 51.8 Å². The molecular formula is C44H30Cl2N8O5S4. The minimum Gasteiger partial charge on any atom is -0.457 e. The van der Waals surface area contributed by atoms with Crippen molar-refractivity contribution in [1.29, 1.82) is 0 Å². The van der Waals surface area contributed by atoms with Gasteiger partial charge in [-0.25, -0.2) is 27.4 Å². The zero-order chi connectivity index (χ0) is 43.3. The molecule has 0 aliphatic rings. The second kappa shape index (κ2) is 18.6. The highest BCUT2D eigenvalue weighted by molar-refractivity contribution is 7.92. The predicted octanol–water partition coefficient (Wildman–Crippen LogP) is 10.9. The molecule has 1 unspecified atom stereocenters. The van der Waals surface area contributed by atoms with Crippen LogP contribution in [0.4, 0.5) is 0 Å². The molecule has 0 N–H and O–H groups in total. The van der Waals surface area contributed by atoms with Crippen molar-refractivity contribution in [3.05, 3.63) is 180 Å². The monoisotopic (exact) mass is 948 g/mol. The van der Waals surface area contributed by atoms with E-state index in [1.54, 1.807) is 84.0 Å². The second-order valence-corrected chi connectivity index (χ2v) is 20.1. The standard InChI is InChI=1S/C22H15ClN4O3S2.C22H15ClN4O2S2/c23-17-3-7-19(8-4-17)30-18-5-1-16(2-6-18)20-13-27-21(25-20)31-22(26-27)32(28,29)14-15-9-11-24-12-10-15;23-17-3-7-19(8-4-17)29-18-5-1-16(2-6-18)20-13-27-21(25-20)30-22(26-27)31(28)14-15-9-11-24-12-10-15/h1-13H,14H2;1-13H,14H2. The first kappa shape index (κ1) is 42.0. The maximum absolute atomic E-state index is 12.7. The summed E-state index contributed by atoms with van der Waals surface area (Å²) in [5, 5.41) is 10.0. The van der Waals surface area contributed by atoms with Crippen LogP contribution >= 0.6 is 45.9 Å². The van der Waals surface area contributed by atoms with Crippen molar-refractivity contribution in [2.75, 3.05) is 0 Å². The third-order valence-electron chi connectivity index (χ3n) is 9.06. The van der Waals surface area contributed by atoms with Gasteiger partial charge in [-0.2, -0.15) is 0 Å². The van der Waals surface area contributed by atoms with E-state index in [-0.39, 0.29) is 10.1 Å². The van der Waals surface area contributed by atoms with Crippen LogP contribution in [0.1, 0.15) is 11.1 Å². The van der Waals surface area contributed by atoms with Crippen LogP contribution in [-0.2, 0) is 32.1 Å². The first-order valence-electron chi connectivity index (χ1n) is 18.8. The fourth-order valence-corrected chi connectivity index (χ4v) is 10.9. The van der Waals surface area contributed by atoms with Gasteiger partial charge >= 0.3 is 0 Å². The van der Waals surface area contributed by atoms with Gasteiger partial charge in [0.25, 0.3) is 0 Å². The summed E-state index contributed by atoms with van der Waals surface area (Å²) in [4.78, 5) is 18.3. The Balaban J connectivity index is 0.000000160. The minimum absolute atomic E-state index is 0.0371. The summed E-state index contributed by atoms with van der Waals surface area (Å²) in [5.41, 5.74) is 4.92. The molecular weight excluding hydrogens is 920 g/mol. The highest BCUT2D eigenvalue weighted by Crippen LogP contribution is 2.31. The number of imidazole rings is 2. The Morgan fingerprint density at radius 3 is 1.44 bits per heavy atom. The van der Waals surface area contributed by atoms with Gasteiger partial charge in [-0.3, -0.25) is 14.2 Å². The van der Waals surface area contributed by atoms with Gasteiger partial charge in [0.05, 0.1) is 46.1 Å². The summed E-state index contributed by atoms with van der Waals surface area (Å²) in [6.07, 6.45) is 10.1. The number of ether oxygens (including phenoxy) is 2. The number of rotatable bonds is 12. The molecule has 10 rings (SSSR count). The van der Waals surface area contributed by atoms with E-state index < -0.39 is 20.6 Å². The first-order chi connectivity index (χ1) is 30.6. The molecule has 13 nitrogen and oxygen atoms in total. The molecule has 6 aromatic heterocycles. The topological polar surface area (TPSA) is 156 Å². The van der Waals surface area contributed by atoms with Gasteiger partial charge in [-0.05, 0) is 132 Å². The Morgan fingerprint density at radius 2 is 0.984 bits per heavy atom. The van der Waals surface area contributed by atoms with Crippen LogP contribution in [0.3, 0.4) is 0 Å². The number of hydrogen-bond acceptors (Lipinski definition) is 13. The Hall–Kier alpha value is -6.34. The van der Waals surface area contributed by atoms with Crippen molar-refractivity contribution >= 4 is 76.4 Å². The molecule has 63 heavy (non-hydrogen) atoms. The van der Waals surface area contributed by atoms with Crippen LogP contribution < -0.4 is 9.47 Å². The molecule has 0 amide bonds. The van der Waals surface area contributed by atoms with Gasteiger partial charge in [0.1, 0.15) is 23.0 Å². The van der Waals surface area contributed by atoms with E-state index >= 15 is 0 Å². The number of aromatic nitrogens is 8. The molecule has 0 saturated carbocycles. The van der Waals surface area contributed by atoms with E-state index in [9.17, 15) is 12.6 Å². The second-order valence-electron chi connectivity index (χ2n) is 13.6. The van der Waals surface area contributed by atoms with Crippen LogP contribution in [0.25, 0.3) is 32.4 Å². The molecule has 10 aromatic rings. The minimum atomic E-state index is -3.57.